The first-order valence-corrected chi connectivity index (χ1v) is 6.54. The lowest BCUT2D eigenvalue weighted by Crippen LogP contribution is -2.07. The molecule has 19 heavy (non-hydrogen) atoms. The van der Waals surface area contributed by atoms with Crippen LogP contribution in [0, 0.1) is 0 Å². The second-order valence-electron chi connectivity index (χ2n) is 4.07. The van der Waals surface area contributed by atoms with Crippen LogP contribution in [0.5, 0.6) is 0 Å². The summed E-state index contributed by atoms with van der Waals surface area (Å²) in [5, 5.41) is 2.68. The number of carbonyl (C=O) groups is 2. The van der Waals surface area contributed by atoms with Crippen LogP contribution < -0.4 is 5.32 Å². The first-order valence-electron chi connectivity index (χ1n) is 5.75. The van der Waals surface area contributed by atoms with Crippen molar-refractivity contribution in [3.8, 4) is 0 Å². The summed E-state index contributed by atoms with van der Waals surface area (Å²) in [4.78, 5) is 23.2. The maximum atomic E-state index is 12.2. The van der Waals surface area contributed by atoms with Gasteiger partial charge in [0.1, 0.15) is 0 Å². The molecule has 0 aliphatic carbocycles. The van der Waals surface area contributed by atoms with Gasteiger partial charge in [0.2, 0.25) is 5.91 Å². The lowest BCUT2D eigenvalue weighted by Gasteiger charge is -2.07. The number of ketones is 1. The molecule has 0 bridgehead atoms. The number of anilines is 1. The summed E-state index contributed by atoms with van der Waals surface area (Å²) in [5.74, 6) is -0.196. The Hall–Kier alpha value is -1.94. The Morgan fingerprint density at radius 3 is 2.26 bits per heavy atom. The molecule has 1 N–H and O–H groups in total. The predicted octanol–water partition coefficient (Wildman–Crippen LogP) is 3.64. The van der Waals surface area contributed by atoms with Crippen molar-refractivity contribution in [2.24, 2.45) is 0 Å². The molecule has 0 aliphatic rings. The van der Waals surface area contributed by atoms with Gasteiger partial charge < -0.3 is 5.32 Å². The van der Waals surface area contributed by atoms with Crippen LogP contribution in [0.1, 0.15) is 22.8 Å². The Kier molecular flexibility index (Phi) is 4.12. The molecule has 4 heteroatoms. The van der Waals surface area contributed by atoms with Gasteiger partial charge in [-0.3, -0.25) is 9.59 Å². The number of carbonyl (C=O) groups excluding carboxylic acids is 2. The van der Waals surface area contributed by atoms with E-state index in [-0.39, 0.29) is 11.7 Å². The van der Waals surface area contributed by atoms with Gasteiger partial charge in [-0.05, 0) is 34.1 Å². The fraction of sp³-hybridized carbons (Fsp3) is 0.0667. The molecule has 2 aromatic carbocycles. The molecule has 0 saturated heterocycles. The minimum absolute atomic E-state index is 0.0457. The van der Waals surface area contributed by atoms with Crippen molar-refractivity contribution in [3.63, 3.8) is 0 Å². The van der Waals surface area contributed by atoms with Gasteiger partial charge in [0.15, 0.2) is 5.78 Å². The fourth-order valence-electron chi connectivity index (χ4n) is 1.70. The smallest absolute Gasteiger partial charge is 0.221 e. The highest BCUT2D eigenvalue weighted by Crippen LogP contribution is 2.24. The normalized spacial score (nSPS) is 10.0. The zero-order chi connectivity index (χ0) is 13.8. The molecule has 0 radical (unpaired) electrons. The van der Waals surface area contributed by atoms with Crippen LogP contribution in [0.3, 0.4) is 0 Å². The van der Waals surface area contributed by atoms with E-state index in [1.165, 1.54) is 6.92 Å². The molecule has 0 unspecified atom stereocenters. The third-order valence-corrected chi connectivity index (χ3v) is 3.23. The van der Waals surface area contributed by atoms with Crippen molar-refractivity contribution in [2.45, 2.75) is 6.92 Å². The molecule has 0 aromatic heterocycles. The van der Waals surface area contributed by atoms with Crippen molar-refractivity contribution < 1.29 is 9.59 Å². The highest BCUT2D eigenvalue weighted by Gasteiger charge is 2.11. The van der Waals surface area contributed by atoms with E-state index in [1.54, 1.807) is 30.3 Å². The molecule has 96 valence electrons. The Morgan fingerprint density at radius 2 is 1.68 bits per heavy atom. The minimum atomic E-state index is -0.150. The summed E-state index contributed by atoms with van der Waals surface area (Å²) in [7, 11) is 0. The largest absolute Gasteiger partial charge is 0.325 e. The lowest BCUT2D eigenvalue weighted by atomic mass is 10.0. The van der Waals surface area contributed by atoms with E-state index >= 15 is 0 Å². The van der Waals surface area contributed by atoms with E-state index in [9.17, 15) is 9.59 Å². The Balaban J connectivity index is 2.30. The standard InChI is InChI=1S/C15H12BrNO2/c1-10(18)17-14-8-7-12(9-13(14)16)15(19)11-5-3-2-4-6-11/h2-9H,1H3,(H,17,18). The van der Waals surface area contributed by atoms with E-state index < -0.39 is 0 Å². The van der Waals surface area contributed by atoms with Crippen molar-refractivity contribution in [1.29, 1.82) is 0 Å². The van der Waals surface area contributed by atoms with Crippen LogP contribution in [0.2, 0.25) is 0 Å². The van der Waals surface area contributed by atoms with Crippen LogP contribution in [0.4, 0.5) is 5.69 Å². The molecule has 1 amide bonds. The van der Waals surface area contributed by atoms with Gasteiger partial charge in [-0.25, -0.2) is 0 Å². The summed E-state index contributed by atoms with van der Waals surface area (Å²) >= 11 is 3.35. The minimum Gasteiger partial charge on any atom is -0.325 e. The number of halogens is 1. The SMILES string of the molecule is CC(=O)Nc1ccc(C(=O)c2ccccc2)cc1Br. The van der Waals surface area contributed by atoms with E-state index in [0.717, 1.165) is 0 Å². The number of rotatable bonds is 3. The van der Waals surface area contributed by atoms with Gasteiger partial charge in [0, 0.05) is 22.5 Å². The quantitative estimate of drug-likeness (QED) is 0.878. The van der Waals surface area contributed by atoms with Crippen molar-refractivity contribution in [1.82, 2.24) is 0 Å². The first-order chi connectivity index (χ1) is 9.08. The average Bonchev–Trinajstić information content (AvgIpc) is 2.41. The molecule has 0 atom stereocenters. The Bertz CT molecular complexity index is 623. The maximum Gasteiger partial charge on any atom is 0.221 e. The van der Waals surface area contributed by atoms with Gasteiger partial charge in [-0.15, -0.1) is 0 Å². The molecule has 0 spiro atoms. The van der Waals surface area contributed by atoms with Crippen LogP contribution in [-0.4, -0.2) is 11.7 Å². The molecule has 0 saturated carbocycles. The van der Waals surface area contributed by atoms with Crippen molar-refractivity contribution in [3.05, 3.63) is 64.1 Å². The Labute approximate surface area is 119 Å². The topological polar surface area (TPSA) is 46.2 Å². The zero-order valence-corrected chi connectivity index (χ0v) is 11.9. The summed E-state index contributed by atoms with van der Waals surface area (Å²) in [5.41, 5.74) is 1.87. The fourth-order valence-corrected chi connectivity index (χ4v) is 2.18. The van der Waals surface area contributed by atoms with Gasteiger partial charge in [-0.2, -0.15) is 0 Å². The third kappa shape index (κ3) is 3.29. The summed E-state index contributed by atoms with van der Waals surface area (Å²) < 4.78 is 0.685. The highest BCUT2D eigenvalue weighted by molar-refractivity contribution is 9.10. The van der Waals surface area contributed by atoms with Crippen molar-refractivity contribution >= 4 is 33.3 Å². The monoisotopic (exact) mass is 317 g/mol. The number of hydrogen-bond acceptors (Lipinski definition) is 2. The Morgan fingerprint density at radius 1 is 1.00 bits per heavy atom. The van der Waals surface area contributed by atoms with E-state index in [0.29, 0.717) is 21.3 Å². The maximum absolute atomic E-state index is 12.2. The molecule has 2 aromatic rings. The van der Waals surface area contributed by atoms with E-state index in [1.807, 2.05) is 18.2 Å². The van der Waals surface area contributed by atoms with Crippen molar-refractivity contribution in [2.75, 3.05) is 5.32 Å². The third-order valence-electron chi connectivity index (χ3n) is 2.58. The predicted molar refractivity (Wildman–Crippen MR) is 78.3 cm³/mol. The number of amides is 1. The molecular formula is C15H12BrNO2. The van der Waals surface area contributed by atoms with Crippen LogP contribution in [-0.2, 0) is 4.79 Å². The van der Waals surface area contributed by atoms with Crippen LogP contribution >= 0.6 is 15.9 Å². The molecule has 2 rings (SSSR count). The van der Waals surface area contributed by atoms with Crippen LogP contribution in [0.25, 0.3) is 0 Å². The second-order valence-corrected chi connectivity index (χ2v) is 4.93. The van der Waals surface area contributed by atoms with Gasteiger partial charge >= 0.3 is 0 Å². The molecule has 0 aliphatic heterocycles. The van der Waals surface area contributed by atoms with Gasteiger partial charge in [-0.1, -0.05) is 30.3 Å². The second kappa shape index (κ2) is 5.80. The molecule has 0 heterocycles. The van der Waals surface area contributed by atoms with Crippen LogP contribution in [0.15, 0.2) is 53.0 Å². The number of hydrogen-bond donors (Lipinski definition) is 1. The summed E-state index contributed by atoms with van der Waals surface area (Å²) in [6.07, 6.45) is 0. The van der Waals surface area contributed by atoms with Gasteiger partial charge in [0.05, 0.1) is 5.69 Å². The van der Waals surface area contributed by atoms with E-state index in [4.69, 9.17) is 0 Å². The van der Waals surface area contributed by atoms with E-state index in [2.05, 4.69) is 21.2 Å². The lowest BCUT2D eigenvalue weighted by molar-refractivity contribution is -0.114. The van der Waals surface area contributed by atoms with Gasteiger partial charge in [0.25, 0.3) is 0 Å². The number of nitrogens with one attached hydrogen (secondary N) is 1. The average molecular weight is 318 g/mol. The molecule has 0 fully saturated rings. The first kappa shape index (κ1) is 13.5. The zero-order valence-electron chi connectivity index (χ0n) is 10.3. The summed E-state index contributed by atoms with van der Waals surface area (Å²) in [6, 6.07) is 14.2. The molecular weight excluding hydrogens is 306 g/mol. The highest BCUT2D eigenvalue weighted by atomic mass is 79.9. The summed E-state index contributed by atoms with van der Waals surface area (Å²) in [6.45, 7) is 1.44. The molecule has 3 nitrogen and oxygen atoms in total. The number of benzene rings is 2.